The van der Waals surface area contributed by atoms with Gasteiger partial charge in [-0.15, -0.1) is 0 Å². The zero-order valence-corrected chi connectivity index (χ0v) is 15.2. The Balaban J connectivity index is 2.18. The molecule has 0 bridgehead atoms. The summed E-state index contributed by atoms with van der Waals surface area (Å²) in [4.78, 5) is 27.7. The van der Waals surface area contributed by atoms with Crippen LogP contribution < -0.4 is 5.56 Å². The second kappa shape index (κ2) is 8.35. The Morgan fingerprint density at radius 2 is 2.17 bits per heavy atom. The molecule has 0 atom stereocenters. The summed E-state index contributed by atoms with van der Waals surface area (Å²) in [6.07, 6.45) is 1.14. The zero-order valence-electron chi connectivity index (χ0n) is 13.6. The summed E-state index contributed by atoms with van der Waals surface area (Å²) in [7, 11) is 1.69. The van der Waals surface area contributed by atoms with Gasteiger partial charge in [0.15, 0.2) is 5.16 Å². The summed E-state index contributed by atoms with van der Waals surface area (Å²) in [5, 5.41) is 9.91. The number of nitrogens with zero attached hydrogens (tertiary/aromatic N) is 2. The SMILES string of the molecule is Cc1nc(SCCCC(=O)O)n(C)c(=O)c1Cc1cccc(Cl)c1. The van der Waals surface area contributed by atoms with Crippen molar-refractivity contribution in [3.63, 3.8) is 0 Å². The van der Waals surface area contributed by atoms with Gasteiger partial charge in [-0.2, -0.15) is 0 Å². The van der Waals surface area contributed by atoms with E-state index in [0.29, 0.717) is 40.0 Å². The predicted octanol–water partition coefficient (Wildman–Crippen LogP) is 3.29. The smallest absolute Gasteiger partial charge is 0.303 e. The van der Waals surface area contributed by atoms with E-state index in [1.807, 2.05) is 25.1 Å². The van der Waals surface area contributed by atoms with Crippen molar-refractivity contribution in [3.8, 4) is 0 Å². The maximum atomic E-state index is 12.6. The van der Waals surface area contributed by atoms with Crippen LogP contribution in [0.2, 0.25) is 5.02 Å². The molecule has 1 N–H and O–H groups in total. The van der Waals surface area contributed by atoms with E-state index < -0.39 is 5.97 Å². The fraction of sp³-hybridized carbons (Fsp3) is 0.353. The summed E-state index contributed by atoms with van der Waals surface area (Å²) in [5.74, 6) is -0.204. The second-order valence-electron chi connectivity index (χ2n) is 5.47. The summed E-state index contributed by atoms with van der Waals surface area (Å²) in [6, 6.07) is 7.43. The first-order valence-corrected chi connectivity index (χ1v) is 8.90. The average molecular weight is 367 g/mol. The van der Waals surface area contributed by atoms with E-state index in [1.54, 1.807) is 13.1 Å². The van der Waals surface area contributed by atoms with Crippen LogP contribution in [0.3, 0.4) is 0 Å². The van der Waals surface area contributed by atoms with Gasteiger partial charge in [-0.1, -0.05) is 35.5 Å². The molecule has 5 nitrogen and oxygen atoms in total. The molecule has 0 aliphatic heterocycles. The molecular formula is C17H19ClN2O3S. The van der Waals surface area contributed by atoms with E-state index in [2.05, 4.69) is 4.98 Å². The molecule has 2 rings (SSSR count). The predicted molar refractivity (Wildman–Crippen MR) is 96.1 cm³/mol. The molecule has 0 spiro atoms. The minimum Gasteiger partial charge on any atom is -0.481 e. The normalized spacial score (nSPS) is 10.8. The van der Waals surface area contributed by atoms with Crippen LogP contribution in [0, 0.1) is 6.92 Å². The van der Waals surface area contributed by atoms with Crippen molar-refractivity contribution < 1.29 is 9.90 Å². The van der Waals surface area contributed by atoms with Crippen molar-refractivity contribution in [1.82, 2.24) is 9.55 Å². The molecule has 2 aromatic rings. The highest BCUT2D eigenvalue weighted by Gasteiger charge is 2.13. The largest absolute Gasteiger partial charge is 0.481 e. The highest BCUT2D eigenvalue weighted by Crippen LogP contribution is 2.19. The minimum absolute atomic E-state index is 0.0804. The van der Waals surface area contributed by atoms with Crippen LogP contribution in [0.15, 0.2) is 34.2 Å². The molecule has 24 heavy (non-hydrogen) atoms. The first kappa shape index (κ1) is 18.5. The highest BCUT2D eigenvalue weighted by atomic mass is 35.5. The third-order valence-corrected chi connectivity index (χ3v) is 4.94. The topological polar surface area (TPSA) is 72.2 Å². The van der Waals surface area contributed by atoms with E-state index in [9.17, 15) is 9.59 Å². The lowest BCUT2D eigenvalue weighted by Gasteiger charge is -2.12. The number of benzene rings is 1. The van der Waals surface area contributed by atoms with Crippen LogP contribution in [0.5, 0.6) is 0 Å². The van der Waals surface area contributed by atoms with Crippen molar-refractivity contribution in [2.45, 2.75) is 31.3 Å². The molecule has 0 saturated carbocycles. The van der Waals surface area contributed by atoms with E-state index in [4.69, 9.17) is 16.7 Å². The number of thioether (sulfide) groups is 1. The summed E-state index contributed by atoms with van der Waals surface area (Å²) < 4.78 is 1.53. The van der Waals surface area contributed by atoms with Crippen molar-refractivity contribution in [2.75, 3.05) is 5.75 Å². The van der Waals surface area contributed by atoms with Gasteiger partial charge in [-0.05, 0) is 31.0 Å². The molecule has 0 unspecified atom stereocenters. The Morgan fingerprint density at radius 3 is 2.83 bits per heavy atom. The fourth-order valence-electron chi connectivity index (χ4n) is 2.30. The average Bonchev–Trinajstić information content (AvgIpc) is 2.52. The van der Waals surface area contributed by atoms with Crippen molar-refractivity contribution in [1.29, 1.82) is 0 Å². The first-order chi connectivity index (χ1) is 11.4. The molecule has 7 heteroatoms. The van der Waals surface area contributed by atoms with Gasteiger partial charge in [-0.25, -0.2) is 4.98 Å². The number of carbonyl (C=O) groups is 1. The van der Waals surface area contributed by atoms with Crippen LogP contribution in [-0.4, -0.2) is 26.4 Å². The molecule has 1 aromatic carbocycles. The van der Waals surface area contributed by atoms with E-state index in [-0.39, 0.29) is 12.0 Å². The third-order valence-electron chi connectivity index (χ3n) is 3.59. The molecule has 128 valence electrons. The lowest BCUT2D eigenvalue weighted by molar-refractivity contribution is -0.137. The van der Waals surface area contributed by atoms with Crippen LogP contribution in [0.25, 0.3) is 0 Å². The number of rotatable bonds is 7. The van der Waals surface area contributed by atoms with E-state index in [0.717, 1.165) is 5.56 Å². The third kappa shape index (κ3) is 4.85. The monoisotopic (exact) mass is 366 g/mol. The first-order valence-electron chi connectivity index (χ1n) is 7.54. The van der Waals surface area contributed by atoms with Gasteiger partial charge in [0.2, 0.25) is 0 Å². The van der Waals surface area contributed by atoms with Gasteiger partial charge < -0.3 is 5.11 Å². The number of aromatic nitrogens is 2. The molecule has 0 aliphatic carbocycles. The number of halogens is 1. The van der Waals surface area contributed by atoms with Crippen molar-refractivity contribution >= 4 is 29.3 Å². The van der Waals surface area contributed by atoms with Crippen LogP contribution in [0.1, 0.15) is 29.7 Å². The van der Waals surface area contributed by atoms with Gasteiger partial charge in [-0.3, -0.25) is 14.2 Å². The van der Waals surface area contributed by atoms with Crippen LogP contribution in [0.4, 0.5) is 0 Å². The maximum Gasteiger partial charge on any atom is 0.303 e. The Kier molecular flexibility index (Phi) is 6.45. The Labute approximate surface area is 149 Å². The zero-order chi connectivity index (χ0) is 17.7. The number of carboxylic acid groups (broad SMARTS) is 1. The molecular weight excluding hydrogens is 348 g/mol. The van der Waals surface area contributed by atoms with Crippen LogP contribution >= 0.6 is 23.4 Å². The molecule has 0 fully saturated rings. The summed E-state index contributed by atoms with van der Waals surface area (Å²) in [5.41, 5.74) is 2.23. The van der Waals surface area contributed by atoms with E-state index in [1.165, 1.54) is 16.3 Å². The number of hydrogen-bond donors (Lipinski definition) is 1. The standard InChI is InChI=1S/C17H19ClN2O3S/c1-11-14(10-12-5-3-6-13(18)9-12)16(23)20(2)17(19-11)24-8-4-7-15(21)22/h3,5-6,9H,4,7-8,10H2,1-2H3,(H,21,22). The Hall–Kier alpha value is -1.79. The van der Waals surface area contributed by atoms with Crippen LogP contribution in [-0.2, 0) is 18.3 Å². The quantitative estimate of drug-likeness (QED) is 0.462. The molecule has 0 amide bonds. The van der Waals surface area contributed by atoms with E-state index >= 15 is 0 Å². The molecule has 0 aliphatic rings. The van der Waals surface area contributed by atoms with Crippen molar-refractivity contribution in [3.05, 3.63) is 56.5 Å². The number of aryl methyl sites for hydroxylation is 1. The maximum absolute atomic E-state index is 12.6. The van der Waals surface area contributed by atoms with Gasteiger partial charge in [0, 0.05) is 41.9 Å². The minimum atomic E-state index is -0.814. The number of aliphatic carboxylic acids is 1. The number of carboxylic acids is 1. The Bertz CT molecular complexity index is 805. The van der Waals surface area contributed by atoms with Gasteiger partial charge in [0.25, 0.3) is 5.56 Å². The lowest BCUT2D eigenvalue weighted by Crippen LogP contribution is -2.25. The summed E-state index contributed by atoms with van der Waals surface area (Å²) >= 11 is 7.40. The van der Waals surface area contributed by atoms with Crippen molar-refractivity contribution in [2.24, 2.45) is 7.05 Å². The van der Waals surface area contributed by atoms with Gasteiger partial charge in [0.1, 0.15) is 0 Å². The Morgan fingerprint density at radius 1 is 1.42 bits per heavy atom. The van der Waals surface area contributed by atoms with Gasteiger partial charge in [0.05, 0.1) is 0 Å². The highest BCUT2D eigenvalue weighted by molar-refractivity contribution is 7.99. The molecule has 0 radical (unpaired) electrons. The fourth-order valence-corrected chi connectivity index (χ4v) is 3.46. The molecule has 1 heterocycles. The van der Waals surface area contributed by atoms with Gasteiger partial charge >= 0.3 is 5.97 Å². The number of hydrogen-bond acceptors (Lipinski definition) is 4. The lowest BCUT2D eigenvalue weighted by atomic mass is 10.1. The molecule has 1 aromatic heterocycles. The second-order valence-corrected chi connectivity index (χ2v) is 6.97. The molecule has 0 saturated heterocycles. The summed E-state index contributed by atoms with van der Waals surface area (Å²) in [6.45, 7) is 1.82.